The van der Waals surface area contributed by atoms with E-state index in [-0.39, 0.29) is 5.56 Å². The van der Waals surface area contributed by atoms with Crippen molar-refractivity contribution in [1.29, 1.82) is 0 Å². The molecule has 3 nitrogen and oxygen atoms in total. The van der Waals surface area contributed by atoms with Gasteiger partial charge < -0.3 is 10.3 Å². The molecule has 5 heteroatoms. The van der Waals surface area contributed by atoms with E-state index in [9.17, 15) is 8.78 Å². The molecule has 102 valence electrons. The quantitative estimate of drug-likeness (QED) is 0.917. The standard InChI is InChI=1S/C14H17F2N3/c1-3-11-18-12(14(17)19(11)4-2)9-5-7-10(8-6-9)13(15)16/h5-8,13H,3-4,17H2,1-2H3. The van der Waals surface area contributed by atoms with Gasteiger partial charge in [-0.25, -0.2) is 13.8 Å². The number of aryl methyl sites for hydroxylation is 1. The molecule has 0 spiro atoms. The van der Waals surface area contributed by atoms with E-state index in [0.717, 1.165) is 24.4 Å². The van der Waals surface area contributed by atoms with Crippen molar-refractivity contribution >= 4 is 5.82 Å². The number of rotatable bonds is 4. The Morgan fingerprint density at radius 1 is 1.21 bits per heavy atom. The summed E-state index contributed by atoms with van der Waals surface area (Å²) in [5, 5.41) is 0. The van der Waals surface area contributed by atoms with Gasteiger partial charge in [-0.3, -0.25) is 0 Å². The van der Waals surface area contributed by atoms with Crippen LogP contribution in [-0.4, -0.2) is 9.55 Å². The third-order valence-electron chi connectivity index (χ3n) is 3.15. The van der Waals surface area contributed by atoms with Crippen LogP contribution in [-0.2, 0) is 13.0 Å². The van der Waals surface area contributed by atoms with Crippen LogP contribution in [0.3, 0.4) is 0 Å². The van der Waals surface area contributed by atoms with Gasteiger partial charge in [0.2, 0.25) is 0 Å². The first-order valence-corrected chi connectivity index (χ1v) is 6.31. The Labute approximate surface area is 111 Å². The van der Waals surface area contributed by atoms with E-state index in [4.69, 9.17) is 5.73 Å². The van der Waals surface area contributed by atoms with Gasteiger partial charge in [-0.2, -0.15) is 0 Å². The van der Waals surface area contributed by atoms with Crippen molar-refractivity contribution in [2.45, 2.75) is 33.2 Å². The molecule has 2 N–H and O–H groups in total. The number of hydrogen-bond acceptors (Lipinski definition) is 2. The maximum Gasteiger partial charge on any atom is 0.263 e. The van der Waals surface area contributed by atoms with Gasteiger partial charge in [0.1, 0.15) is 17.3 Å². The molecule has 0 fully saturated rings. The lowest BCUT2D eigenvalue weighted by Crippen LogP contribution is -2.04. The number of hydrogen-bond donors (Lipinski definition) is 1. The van der Waals surface area contributed by atoms with E-state index in [0.29, 0.717) is 11.5 Å². The first kappa shape index (κ1) is 13.5. The van der Waals surface area contributed by atoms with Crippen molar-refractivity contribution in [1.82, 2.24) is 9.55 Å². The van der Waals surface area contributed by atoms with Crippen molar-refractivity contribution in [3.8, 4) is 11.3 Å². The van der Waals surface area contributed by atoms with Gasteiger partial charge in [0.05, 0.1) is 0 Å². The van der Waals surface area contributed by atoms with Crippen LogP contribution in [0.15, 0.2) is 24.3 Å². The third kappa shape index (κ3) is 2.45. The molecule has 1 aromatic carbocycles. The lowest BCUT2D eigenvalue weighted by molar-refractivity contribution is 0.151. The number of halogens is 2. The van der Waals surface area contributed by atoms with Crippen LogP contribution < -0.4 is 5.73 Å². The van der Waals surface area contributed by atoms with E-state index >= 15 is 0 Å². The zero-order chi connectivity index (χ0) is 14.0. The Kier molecular flexibility index (Phi) is 3.83. The highest BCUT2D eigenvalue weighted by atomic mass is 19.3. The molecule has 0 bridgehead atoms. The summed E-state index contributed by atoms with van der Waals surface area (Å²) >= 11 is 0. The number of nitrogens with zero attached hydrogens (tertiary/aromatic N) is 2. The molecule has 1 aromatic heterocycles. The van der Waals surface area contributed by atoms with Gasteiger partial charge >= 0.3 is 0 Å². The molecular weight excluding hydrogens is 248 g/mol. The molecular formula is C14H17F2N3. The number of imidazole rings is 1. The maximum absolute atomic E-state index is 12.5. The second-order valence-corrected chi connectivity index (χ2v) is 4.28. The predicted octanol–water partition coefficient (Wildman–Crippen LogP) is 3.65. The summed E-state index contributed by atoms with van der Waals surface area (Å²) in [5.74, 6) is 1.50. The molecule has 0 radical (unpaired) electrons. The molecule has 2 rings (SSSR count). The molecule has 0 atom stereocenters. The Morgan fingerprint density at radius 2 is 1.84 bits per heavy atom. The zero-order valence-electron chi connectivity index (χ0n) is 11.0. The van der Waals surface area contributed by atoms with Crippen molar-refractivity contribution < 1.29 is 8.78 Å². The van der Waals surface area contributed by atoms with Gasteiger partial charge in [-0.15, -0.1) is 0 Å². The summed E-state index contributed by atoms with van der Waals surface area (Å²) in [6.45, 7) is 4.76. The Morgan fingerprint density at radius 3 is 2.26 bits per heavy atom. The lowest BCUT2D eigenvalue weighted by atomic mass is 10.1. The largest absolute Gasteiger partial charge is 0.383 e. The van der Waals surface area contributed by atoms with E-state index in [2.05, 4.69) is 4.98 Å². The summed E-state index contributed by atoms with van der Waals surface area (Å²) in [5.41, 5.74) is 7.51. The van der Waals surface area contributed by atoms with Gasteiger partial charge in [-0.05, 0) is 6.92 Å². The Hall–Kier alpha value is -1.91. The van der Waals surface area contributed by atoms with E-state index in [1.165, 1.54) is 12.1 Å². The van der Waals surface area contributed by atoms with Crippen LogP contribution in [0.2, 0.25) is 0 Å². The second kappa shape index (κ2) is 5.38. The SMILES string of the molecule is CCc1nc(-c2ccc(C(F)F)cc2)c(N)n1CC. The van der Waals surface area contributed by atoms with Crippen LogP contribution in [0.1, 0.15) is 31.7 Å². The summed E-state index contributed by atoms with van der Waals surface area (Å²) in [6, 6.07) is 6.10. The summed E-state index contributed by atoms with van der Waals surface area (Å²) in [6.07, 6.45) is -1.67. The molecule has 1 heterocycles. The van der Waals surface area contributed by atoms with Crippen molar-refractivity contribution in [3.05, 3.63) is 35.7 Å². The van der Waals surface area contributed by atoms with Gasteiger partial charge in [0, 0.05) is 24.1 Å². The Bertz CT molecular complexity index is 559. The molecule has 0 amide bonds. The first-order valence-electron chi connectivity index (χ1n) is 6.31. The first-order chi connectivity index (χ1) is 9.08. The molecule has 0 saturated heterocycles. The smallest absolute Gasteiger partial charge is 0.263 e. The lowest BCUT2D eigenvalue weighted by Gasteiger charge is -2.05. The van der Waals surface area contributed by atoms with Gasteiger partial charge in [0.15, 0.2) is 0 Å². The molecule has 2 aromatic rings. The second-order valence-electron chi connectivity index (χ2n) is 4.28. The highest BCUT2D eigenvalue weighted by Crippen LogP contribution is 2.28. The molecule has 19 heavy (non-hydrogen) atoms. The number of anilines is 1. The fourth-order valence-electron chi connectivity index (χ4n) is 2.14. The zero-order valence-corrected chi connectivity index (χ0v) is 11.0. The molecule has 0 aliphatic carbocycles. The van der Waals surface area contributed by atoms with Crippen LogP contribution in [0.5, 0.6) is 0 Å². The topological polar surface area (TPSA) is 43.8 Å². The van der Waals surface area contributed by atoms with E-state index in [1.54, 1.807) is 12.1 Å². The summed E-state index contributed by atoms with van der Waals surface area (Å²) < 4.78 is 27.0. The van der Waals surface area contributed by atoms with Gasteiger partial charge in [-0.1, -0.05) is 31.2 Å². The predicted molar refractivity (Wildman–Crippen MR) is 72.1 cm³/mol. The van der Waals surface area contributed by atoms with Crippen LogP contribution in [0, 0.1) is 0 Å². The average molecular weight is 265 g/mol. The monoisotopic (exact) mass is 265 g/mol. The van der Waals surface area contributed by atoms with Crippen LogP contribution in [0.25, 0.3) is 11.3 Å². The minimum atomic E-state index is -2.45. The van der Waals surface area contributed by atoms with E-state index in [1.807, 2.05) is 18.4 Å². The Balaban J connectivity index is 2.44. The number of nitrogen functional groups attached to an aromatic ring is 1. The minimum Gasteiger partial charge on any atom is -0.383 e. The van der Waals surface area contributed by atoms with Crippen molar-refractivity contribution in [2.24, 2.45) is 0 Å². The molecule has 0 saturated carbocycles. The fourth-order valence-corrected chi connectivity index (χ4v) is 2.14. The van der Waals surface area contributed by atoms with Crippen molar-refractivity contribution in [2.75, 3.05) is 5.73 Å². The number of benzene rings is 1. The maximum atomic E-state index is 12.5. The molecule has 0 aliphatic rings. The fraction of sp³-hybridized carbons (Fsp3) is 0.357. The van der Waals surface area contributed by atoms with Crippen LogP contribution in [0.4, 0.5) is 14.6 Å². The molecule has 0 aliphatic heterocycles. The van der Waals surface area contributed by atoms with Gasteiger partial charge in [0.25, 0.3) is 6.43 Å². The normalized spacial score (nSPS) is 11.2. The number of nitrogens with two attached hydrogens (primary N) is 1. The highest BCUT2D eigenvalue weighted by Gasteiger charge is 2.14. The number of aromatic nitrogens is 2. The van der Waals surface area contributed by atoms with Crippen molar-refractivity contribution in [3.63, 3.8) is 0 Å². The number of alkyl halides is 2. The van der Waals surface area contributed by atoms with Crippen LogP contribution >= 0.6 is 0 Å². The van der Waals surface area contributed by atoms with E-state index < -0.39 is 6.43 Å². The minimum absolute atomic E-state index is 0.00737. The average Bonchev–Trinajstić information content (AvgIpc) is 2.75. The highest BCUT2D eigenvalue weighted by molar-refractivity contribution is 5.71. The third-order valence-corrected chi connectivity index (χ3v) is 3.15. The summed E-state index contributed by atoms with van der Waals surface area (Å²) in [7, 11) is 0. The molecule has 0 unspecified atom stereocenters. The summed E-state index contributed by atoms with van der Waals surface area (Å²) in [4.78, 5) is 4.49.